The number of rotatable bonds is 10. The van der Waals surface area contributed by atoms with Crippen LogP contribution in [0.15, 0.2) is 42.5 Å². The third kappa shape index (κ3) is 7.01. The molecule has 0 saturated carbocycles. The highest BCUT2D eigenvalue weighted by atomic mass is 16.5. The SMILES string of the molecule is CC(C)COc1cc(/C=C/c2cccc(C(N)=O)c2)cc(CNCC2CCNC2)c1. The Morgan fingerprint density at radius 1 is 1.23 bits per heavy atom. The molecule has 0 aromatic heterocycles. The second-order valence-electron chi connectivity index (χ2n) is 8.43. The summed E-state index contributed by atoms with van der Waals surface area (Å²) >= 11 is 0. The van der Waals surface area contributed by atoms with E-state index in [9.17, 15) is 4.79 Å². The first-order valence-corrected chi connectivity index (χ1v) is 10.8. The molecule has 160 valence electrons. The summed E-state index contributed by atoms with van der Waals surface area (Å²) in [5.41, 5.74) is 9.11. The van der Waals surface area contributed by atoms with Crippen LogP contribution in [-0.2, 0) is 6.54 Å². The average Bonchev–Trinajstić information content (AvgIpc) is 3.24. The minimum atomic E-state index is -0.417. The first-order chi connectivity index (χ1) is 14.5. The van der Waals surface area contributed by atoms with E-state index in [1.165, 1.54) is 12.0 Å². The van der Waals surface area contributed by atoms with Gasteiger partial charge >= 0.3 is 0 Å². The van der Waals surface area contributed by atoms with Crippen molar-refractivity contribution in [3.05, 3.63) is 64.7 Å². The molecule has 2 aromatic rings. The standard InChI is InChI=1S/C25H33N3O2/c1-18(2)17-30-24-12-20(7-6-19-4-3-5-23(11-19)25(26)29)10-22(13-24)16-28-15-21-8-9-27-14-21/h3-7,10-13,18,21,27-28H,8-9,14-17H2,1-2H3,(H2,26,29)/b7-6+. The van der Waals surface area contributed by atoms with Gasteiger partial charge in [-0.1, -0.05) is 44.2 Å². The van der Waals surface area contributed by atoms with Crippen molar-refractivity contribution in [1.82, 2.24) is 10.6 Å². The lowest BCUT2D eigenvalue weighted by molar-refractivity contribution is 0.1000. The summed E-state index contributed by atoms with van der Waals surface area (Å²) < 4.78 is 6.00. The molecule has 1 saturated heterocycles. The largest absolute Gasteiger partial charge is 0.493 e. The van der Waals surface area contributed by atoms with Crippen molar-refractivity contribution in [1.29, 1.82) is 0 Å². The second kappa shape index (κ2) is 11.0. The molecule has 3 rings (SSSR count). The van der Waals surface area contributed by atoms with Gasteiger partial charge in [0.15, 0.2) is 0 Å². The van der Waals surface area contributed by atoms with Crippen molar-refractivity contribution in [2.24, 2.45) is 17.6 Å². The van der Waals surface area contributed by atoms with Crippen LogP contribution in [0.1, 0.15) is 47.3 Å². The van der Waals surface area contributed by atoms with Gasteiger partial charge in [-0.3, -0.25) is 4.79 Å². The molecule has 1 unspecified atom stereocenters. The van der Waals surface area contributed by atoms with Gasteiger partial charge in [0.2, 0.25) is 5.91 Å². The maximum Gasteiger partial charge on any atom is 0.248 e. The van der Waals surface area contributed by atoms with Crippen LogP contribution in [0, 0.1) is 11.8 Å². The summed E-state index contributed by atoms with van der Waals surface area (Å²) in [6.45, 7) is 9.04. The number of amides is 1. The Bertz CT molecular complexity index is 870. The van der Waals surface area contributed by atoms with Gasteiger partial charge in [0.05, 0.1) is 6.61 Å². The van der Waals surface area contributed by atoms with Crippen molar-refractivity contribution < 1.29 is 9.53 Å². The van der Waals surface area contributed by atoms with Crippen LogP contribution in [0.25, 0.3) is 12.2 Å². The number of hydrogen-bond donors (Lipinski definition) is 3. The van der Waals surface area contributed by atoms with E-state index in [0.717, 1.165) is 43.1 Å². The molecule has 1 heterocycles. The topological polar surface area (TPSA) is 76.4 Å². The van der Waals surface area contributed by atoms with Gasteiger partial charge in [-0.05, 0) is 78.8 Å². The molecule has 1 aliphatic heterocycles. The molecular formula is C25H33N3O2. The average molecular weight is 408 g/mol. The zero-order valence-corrected chi connectivity index (χ0v) is 18.0. The molecule has 2 aromatic carbocycles. The molecule has 0 bridgehead atoms. The third-order valence-electron chi connectivity index (χ3n) is 5.14. The Balaban J connectivity index is 1.72. The molecule has 4 N–H and O–H groups in total. The summed E-state index contributed by atoms with van der Waals surface area (Å²) in [6, 6.07) is 13.7. The number of ether oxygens (including phenoxy) is 1. The van der Waals surface area contributed by atoms with E-state index in [0.29, 0.717) is 24.0 Å². The van der Waals surface area contributed by atoms with Gasteiger partial charge in [0, 0.05) is 12.1 Å². The van der Waals surface area contributed by atoms with E-state index in [4.69, 9.17) is 10.5 Å². The number of benzene rings is 2. The molecule has 1 aliphatic rings. The molecule has 1 fully saturated rings. The van der Waals surface area contributed by atoms with Crippen LogP contribution in [-0.4, -0.2) is 32.1 Å². The van der Waals surface area contributed by atoms with Crippen LogP contribution in [0.5, 0.6) is 5.75 Å². The minimum Gasteiger partial charge on any atom is -0.493 e. The fourth-order valence-corrected chi connectivity index (χ4v) is 3.53. The molecular weight excluding hydrogens is 374 g/mol. The molecule has 0 spiro atoms. The van der Waals surface area contributed by atoms with Gasteiger partial charge in [0.25, 0.3) is 0 Å². The summed E-state index contributed by atoms with van der Waals surface area (Å²) in [5, 5.41) is 7.00. The zero-order chi connectivity index (χ0) is 21.3. The number of carbonyl (C=O) groups excluding carboxylic acids is 1. The molecule has 0 aliphatic carbocycles. The summed E-state index contributed by atoms with van der Waals surface area (Å²) in [7, 11) is 0. The Kier molecular flexibility index (Phi) is 8.05. The molecule has 5 nitrogen and oxygen atoms in total. The maximum absolute atomic E-state index is 11.4. The quantitative estimate of drug-likeness (QED) is 0.525. The van der Waals surface area contributed by atoms with Crippen LogP contribution < -0.4 is 21.1 Å². The Hall–Kier alpha value is -2.63. The van der Waals surface area contributed by atoms with Crippen LogP contribution in [0.2, 0.25) is 0 Å². The second-order valence-corrected chi connectivity index (χ2v) is 8.43. The van der Waals surface area contributed by atoms with Crippen molar-refractivity contribution in [2.45, 2.75) is 26.8 Å². The van der Waals surface area contributed by atoms with Crippen LogP contribution in [0.4, 0.5) is 0 Å². The maximum atomic E-state index is 11.4. The van der Waals surface area contributed by atoms with E-state index in [1.807, 2.05) is 24.3 Å². The van der Waals surface area contributed by atoms with E-state index >= 15 is 0 Å². The van der Waals surface area contributed by atoms with Gasteiger partial charge in [-0.2, -0.15) is 0 Å². The number of nitrogens with one attached hydrogen (secondary N) is 2. The predicted octanol–water partition coefficient (Wildman–Crippen LogP) is 3.69. The first-order valence-electron chi connectivity index (χ1n) is 10.8. The fraction of sp³-hybridized carbons (Fsp3) is 0.400. The number of hydrogen-bond acceptors (Lipinski definition) is 4. The highest BCUT2D eigenvalue weighted by Gasteiger charge is 2.13. The molecule has 1 amide bonds. The first kappa shape index (κ1) is 22.1. The van der Waals surface area contributed by atoms with E-state index in [1.54, 1.807) is 12.1 Å². The lowest BCUT2D eigenvalue weighted by Crippen LogP contribution is -2.24. The summed E-state index contributed by atoms with van der Waals surface area (Å²) in [5.74, 6) is 1.65. The number of primary amides is 1. The van der Waals surface area contributed by atoms with E-state index in [2.05, 4.69) is 42.7 Å². The summed E-state index contributed by atoms with van der Waals surface area (Å²) in [6.07, 6.45) is 5.28. The highest BCUT2D eigenvalue weighted by Crippen LogP contribution is 2.21. The Labute approximate surface area is 179 Å². The van der Waals surface area contributed by atoms with Crippen molar-refractivity contribution in [2.75, 3.05) is 26.2 Å². The van der Waals surface area contributed by atoms with Crippen LogP contribution in [0.3, 0.4) is 0 Å². The molecule has 0 radical (unpaired) electrons. The monoisotopic (exact) mass is 407 g/mol. The number of nitrogens with two attached hydrogens (primary N) is 1. The highest BCUT2D eigenvalue weighted by molar-refractivity contribution is 5.93. The number of carbonyl (C=O) groups is 1. The molecule has 5 heteroatoms. The van der Waals surface area contributed by atoms with Crippen molar-refractivity contribution in [3.63, 3.8) is 0 Å². The van der Waals surface area contributed by atoms with Crippen LogP contribution >= 0.6 is 0 Å². The van der Waals surface area contributed by atoms with E-state index < -0.39 is 5.91 Å². The van der Waals surface area contributed by atoms with Gasteiger partial charge in [-0.25, -0.2) is 0 Å². The molecule has 30 heavy (non-hydrogen) atoms. The van der Waals surface area contributed by atoms with Gasteiger partial charge in [-0.15, -0.1) is 0 Å². The lowest BCUT2D eigenvalue weighted by atomic mass is 10.1. The predicted molar refractivity (Wildman–Crippen MR) is 123 cm³/mol. The third-order valence-corrected chi connectivity index (χ3v) is 5.14. The lowest BCUT2D eigenvalue weighted by Gasteiger charge is -2.13. The van der Waals surface area contributed by atoms with E-state index in [-0.39, 0.29) is 0 Å². The van der Waals surface area contributed by atoms with Gasteiger partial charge < -0.3 is 21.1 Å². The van der Waals surface area contributed by atoms with Crippen molar-refractivity contribution in [3.8, 4) is 5.75 Å². The smallest absolute Gasteiger partial charge is 0.248 e. The van der Waals surface area contributed by atoms with Crippen molar-refractivity contribution >= 4 is 18.1 Å². The Morgan fingerprint density at radius 2 is 2.07 bits per heavy atom. The minimum absolute atomic E-state index is 0.417. The zero-order valence-electron chi connectivity index (χ0n) is 18.0. The normalized spacial score (nSPS) is 16.4. The molecule has 1 atom stereocenters. The summed E-state index contributed by atoms with van der Waals surface area (Å²) in [4.78, 5) is 11.4. The Morgan fingerprint density at radius 3 is 2.80 bits per heavy atom. The fourth-order valence-electron chi connectivity index (χ4n) is 3.53. The van der Waals surface area contributed by atoms with Gasteiger partial charge in [0.1, 0.15) is 5.75 Å².